The number of aryl methyl sites for hydroxylation is 1. The molecule has 0 radical (unpaired) electrons. The average molecular weight is 219 g/mol. The standard InChI is InChI=1S/C13H17NO2/c1-9-3-5-10(6-4-9)11-7-8-14-12(11)13(15)16-2/h3-6,11-12,14H,7-8H2,1-2H3. The number of carbonyl (C=O) groups is 1. The number of carbonyl (C=O) groups excluding carboxylic acids is 1. The first kappa shape index (κ1) is 11.1. The quantitative estimate of drug-likeness (QED) is 0.768. The Kier molecular flexibility index (Phi) is 3.25. The van der Waals surface area contributed by atoms with Gasteiger partial charge in [-0.25, -0.2) is 0 Å². The highest BCUT2D eigenvalue weighted by molar-refractivity contribution is 5.77. The van der Waals surface area contributed by atoms with Crippen molar-refractivity contribution in [2.24, 2.45) is 0 Å². The molecule has 0 aliphatic carbocycles. The van der Waals surface area contributed by atoms with Gasteiger partial charge in [0.05, 0.1) is 7.11 Å². The zero-order valence-corrected chi connectivity index (χ0v) is 9.69. The Hall–Kier alpha value is -1.35. The van der Waals surface area contributed by atoms with Gasteiger partial charge in [0.15, 0.2) is 0 Å². The lowest BCUT2D eigenvalue weighted by Crippen LogP contribution is -2.35. The minimum absolute atomic E-state index is 0.164. The molecule has 1 aliphatic rings. The monoisotopic (exact) mass is 219 g/mol. The van der Waals surface area contributed by atoms with E-state index in [-0.39, 0.29) is 17.9 Å². The summed E-state index contributed by atoms with van der Waals surface area (Å²) in [7, 11) is 1.44. The van der Waals surface area contributed by atoms with Crippen LogP contribution < -0.4 is 5.32 Å². The van der Waals surface area contributed by atoms with Gasteiger partial charge in [-0.3, -0.25) is 4.79 Å². The molecule has 2 atom stereocenters. The molecule has 0 amide bonds. The van der Waals surface area contributed by atoms with E-state index in [4.69, 9.17) is 4.74 Å². The van der Waals surface area contributed by atoms with Crippen LogP contribution in [0.15, 0.2) is 24.3 Å². The summed E-state index contributed by atoms with van der Waals surface area (Å²) in [6.45, 7) is 2.94. The predicted molar refractivity (Wildman–Crippen MR) is 62.3 cm³/mol. The minimum atomic E-state index is -0.187. The third kappa shape index (κ3) is 2.09. The van der Waals surface area contributed by atoms with E-state index in [0.29, 0.717) is 0 Å². The van der Waals surface area contributed by atoms with Crippen molar-refractivity contribution in [1.29, 1.82) is 0 Å². The van der Waals surface area contributed by atoms with Crippen LogP contribution >= 0.6 is 0 Å². The Balaban J connectivity index is 2.19. The molecule has 1 aromatic rings. The number of ether oxygens (including phenoxy) is 1. The molecule has 1 aliphatic heterocycles. The van der Waals surface area contributed by atoms with Crippen LogP contribution in [0.4, 0.5) is 0 Å². The molecule has 2 rings (SSSR count). The molecule has 0 aromatic heterocycles. The fourth-order valence-corrected chi connectivity index (χ4v) is 2.25. The number of esters is 1. The Morgan fingerprint density at radius 1 is 1.38 bits per heavy atom. The normalized spacial score (nSPS) is 24.4. The Bertz CT molecular complexity index is 372. The highest BCUT2D eigenvalue weighted by Crippen LogP contribution is 2.28. The van der Waals surface area contributed by atoms with E-state index in [1.54, 1.807) is 0 Å². The van der Waals surface area contributed by atoms with Crippen molar-refractivity contribution in [1.82, 2.24) is 5.32 Å². The van der Waals surface area contributed by atoms with Crippen molar-refractivity contribution < 1.29 is 9.53 Å². The lowest BCUT2D eigenvalue weighted by atomic mass is 9.91. The van der Waals surface area contributed by atoms with Gasteiger partial charge in [-0.15, -0.1) is 0 Å². The van der Waals surface area contributed by atoms with Crippen molar-refractivity contribution >= 4 is 5.97 Å². The van der Waals surface area contributed by atoms with Crippen LogP contribution in [0.25, 0.3) is 0 Å². The van der Waals surface area contributed by atoms with E-state index >= 15 is 0 Å². The number of methoxy groups -OCH3 is 1. The van der Waals surface area contributed by atoms with Gasteiger partial charge < -0.3 is 10.1 Å². The van der Waals surface area contributed by atoms with Crippen LogP contribution in [0, 0.1) is 6.92 Å². The first-order valence-electron chi connectivity index (χ1n) is 5.60. The van der Waals surface area contributed by atoms with Crippen molar-refractivity contribution in [3.63, 3.8) is 0 Å². The number of hydrogen-bond acceptors (Lipinski definition) is 3. The second-order valence-corrected chi connectivity index (χ2v) is 4.26. The van der Waals surface area contributed by atoms with Gasteiger partial charge in [0.2, 0.25) is 0 Å². The molecule has 1 heterocycles. The number of hydrogen-bond donors (Lipinski definition) is 1. The van der Waals surface area contributed by atoms with Gasteiger partial charge >= 0.3 is 5.97 Å². The summed E-state index contributed by atoms with van der Waals surface area (Å²) >= 11 is 0. The van der Waals surface area contributed by atoms with Crippen LogP contribution in [-0.2, 0) is 9.53 Å². The summed E-state index contributed by atoms with van der Waals surface area (Å²) < 4.78 is 4.81. The zero-order chi connectivity index (χ0) is 11.5. The summed E-state index contributed by atoms with van der Waals surface area (Å²) in [6, 6.07) is 8.18. The van der Waals surface area contributed by atoms with Gasteiger partial charge in [0.25, 0.3) is 0 Å². The molecule has 1 saturated heterocycles. The first-order valence-corrected chi connectivity index (χ1v) is 5.60. The van der Waals surface area contributed by atoms with E-state index in [1.807, 2.05) is 0 Å². The molecular weight excluding hydrogens is 202 g/mol. The lowest BCUT2D eigenvalue weighted by Gasteiger charge is -2.17. The smallest absolute Gasteiger partial charge is 0.323 e. The zero-order valence-electron chi connectivity index (χ0n) is 9.69. The van der Waals surface area contributed by atoms with Crippen LogP contribution in [0.5, 0.6) is 0 Å². The lowest BCUT2D eigenvalue weighted by molar-refractivity contribution is -0.143. The highest BCUT2D eigenvalue weighted by Gasteiger charge is 2.34. The van der Waals surface area contributed by atoms with E-state index in [9.17, 15) is 4.79 Å². The summed E-state index contributed by atoms with van der Waals surface area (Å²) in [6.07, 6.45) is 0.989. The van der Waals surface area contributed by atoms with E-state index in [0.717, 1.165) is 13.0 Å². The molecule has 1 N–H and O–H groups in total. The third-order valence-electron chi connectivity index (χ3n) is 3.18. The maximum atomic E-state index is 11.6. The van der Waals surface area contributed by atoms with E-state index < -0.39 is 0 Å². The first-order chi connectivity index (χ1) is 7.72. The average Bonchev–Trinajstić information content (AvgIpc) is 2.78. The molecular formula is C13H17NO2. The van der Waals surface area contributed by atoms with Gasteiger partial charge in [0.1, 0.15) is 6.04 Å². The molecule has 0 saturated carbocycles. The minimum Gasteiger partial charge on any atom is -0.468 e. The predicted octanol–water partition coefficient (Wildman–Crippen LogP) is 1.61. The number of rotatable bonds is 2. The summed E-state index contributed by atoms with van der Waals surface area (Å²) in [5, 5.41) is 3.20. The molecule has 3 nitrogen and oxygen atoms in total. The van der Waals surface area contributed by atoms with Crippen LogP contribution in [-0.4, -0.2) is 25.7 Å². The molecule has 0 bridgehead atoms. The van der Waals surface area contributed by atoms with Crippen LogP contribution in [0.3, 0.4) is 0 Å². The van der Waals surface area contributed by atoms with Gasteiger partial charge in [0, 0.05) is 5.92 Å². The maximum absolute atomic E-state index is 11.6. The second kappa shape index (κ2) is 4.66. The van der Waals surface area contributed by atoms with Crippen molar-refractivity contribution in [2.45, 2.75) is 25.3 Å². The SMILES string of the molecule is COC(=O)C1NCCC1c1ccc(C)cc1. The second-order valence-electron chi connectivity index (χ2n) is 4.26. The Labute approximate surface area is 95.8 Å². The fraction of sp³-hybridized carbons (Fsp3) is 0.462. The van der Waals surface area contributed by atoms with Crippen molar-refractivity contribution in [3.8, 4) is 0 Å². The third-order valence-corrected chi connectivity index (χ3v) is 3.18. The van der Waals surface area contributed by atoms with Gasteiger partial charge in [-0.05, 0) is 25.5 Å². The number of nitrogens with one attached hydrogen (secondary N) is 1. The van der Waals surface area contributed by atoms with E-state index in [2.05, 4.69) is 36.5 Å². The topological polar surface area (TPSA) is 38.3 Å². The molecule has 0 spiro atoms. The number of benzene rings is 1. The fourth-order valence-electron chi connectivity index (χ4n) is 2.25. The molecule has 2 unspecified atom stereocenters. The molecule has 1 aromatic carbocycles. The molecule has 3 heteroatoms. The Morgan fingerprint density at radius 2 is 2.06 bits per heavy atom. The summed E-state index contributed by atoms with van der Waals surface area (Å²) in [4.78, 5) is 11.6. The van der Waals surface area contributed by atoms with Crippen molar-refractivity contribution in [3.05, 3.63) is 35.4 Å². The van der Waals surface area contributed by atoms with Gasteiger partial charge in [-0.1, -0.05) is 29.8 Å². The molecule has 16 heavy (non-hydrogen) atoms. The van der Waals surface area contributed by atoms with Gasteiger partial charge in [-0.2, -0.15) is 0 Å². The highest BCUT2D eigenvalue weighted by atomic mass is 16.5. The summed E-state index contributed by atoms with van der Waals surface area (Å²) in [5.74, 6) is 0.0797. The van der Waals surface area contributed by atoms with Crippen LogP contribution in [0.1, 0.15) is 23.5 Å². The largest absolute Gasteiger partial charge is 0.468 e. The van der Waals surface area contributed by atoms with E-state index in [1.165, 1.54) is 18.2 Å². The summed E-state index contributed by atoms with van der Waals surface area (Å²) in [5.41, 5.74) is 2.45. The molecule has 1 fully saturated rings. The van der Waals surface area contributed by atoms with Crippen molar-refractivity contribution in [2.75, 3.05) is 13.7 Å². The Morgan fingerprint density at radius 3 is 2.69 bits per heavy atom. The molecule has 86 valence electrons. The maximum Gasteiger partial charge on any atom is 0.323 e. The van der Waals surface area contributed by atoms with Crippen LogP contribution in [0.2, 0.25) is 0 Å².